The summed E-state index contributed by atoms with van der Waals surface area (Å²) in [6.45, 7) is 2.08. The minimum atomic E-state index is 0.465. The molecule has 4 N–H and O–H groups in total. The average molecular weight is 252 g/mol. The molecule has 0 radical (unpaired) electrons. The van der Waals surface area contributed by atoms with Crippen LogP contribution in [0.25, 0.3) is 10.9 Å². The number of fused-ring (bicyclic) bond motifs is 1. The molecule has 19 heavy (non-hydrogen) atoms. The van der Waals surface area contributed by atoms with Gasteiger partial charge in [-0.25, -0.2) is 9.97 Å². The molecule has 0 saturated carbocycles. The number of aromatic nitrogens is 2. The van der Waals surface area contributed by atoms with Crippen molar-refractivity contribution in [1.82, 2.24) is 9.97 Å². The highest BCUT2D eigenvalue weighted by molar-refractivity contribution is 5.89. The van der Waals surface area contributed by atoms with Gasteiger partial charge in [0.1, 0.15) is 12.1 Å². The molecule has 0 bridgehead atoms. The van der Waals surface area contributed by atoms with Gasteiger partial charge in [-0.15, -0.1) is 0 Å². The van der Waals surface area contributed by atoms with Gasteiger partial charge in [-0.1, -0.05) is 35.9 Å². The topological polar surface area (TPSA) is 77.8 Å². The predicted octanol–water partition coefficient (Wildman–Crippen LogP) is 2.79. The van der Waals surface area contributed by atoms with Gasteiger partial charge in [0.15, 0.2) is 0 Å². The summed E-state index contributed by atoms with van der Waals surface area (Å²) in [5.74, 6) is 0.465. The Morgan fingerprint density at radius 2 is 1.63 bits per heavy atom. The van der Waals surface area contributed by atoms with Gasteiger partial charge in [-0.3, -0.25) is 0 Å². The van der Waals surface area contributed by atoms with Crippen LogP contribution in [0.4, 0.5) is 11.5 Å². The molecular weight excluding hydrogens is 236 g/mol. The van der Waals surface area contributed by atoms with E-state index in [4.69, 9.17) is 11.5 Å². The SMILES string of the molecule is Cc1ccccc1.Nc1ccc2ncnc(N)c2c1. The van der Waals surface area contributed by atoms with Crippen molar-refractivity contribution in [2.24, 2.45) is 0 Å². The number of nitrogen functional groups attached to an aromatic ring is 2. The third-order valence-corrected chi connectivity index (χ3v) is 2.63. The first-order valence-electron chi connectivity index (χ1n) is 5.94. The largest absolute Gasteiger partial charge is 0.399 e. The molecule has 0 fully saturated rings. The Hall–Kier alpha value is -2.62. The Kier molecular flexibility index (Phi) is 3.93. The van der Waals surface area contributed by atoms with Crippen molar-refractivity contribution in [3.63, 3.8) is 0 Å². The van der Waals surface area contributed by atoms with Crippen molar-refractivity contribution in [3.8, 4) is 0 Å². The van der Waals surface area contributed by atoms with Crippen LogP contribution in [-0.4, -0.2) is 9.97 Å². The van der Waals surface area contributed by atoms with E-state index in [0.717, 1.165) is 10.9 Å². The van der Waals surface area contributed by atoms with Crippen LogP contribution in [0, 0.1) is 6.92 Å². The van der Waals surface area contributed by atoms with Gasteiger partial charge in [0.2, 0.25) is 0 Å². The van der Waals surface area contributed by atoms with E-state index >= 15 is 0 Å². The highest BCUT2D eigenvalue weighted by Gasteiger charge is 1.98. The van der Waals surface area contributed by atoms with Crippen molar-refractivity contribution in [2.75, 3.05) is 11.5 Å². The van der Waals surface area contributed by atoms with Crippen LogP contribution in [0.3, 0.4) is 0 Å². The summed E-state index contributed by atoms with van der Waals surface area (Å²) in [5, 5.41) is 0.803. The zero-order chi connectivity index (χ0) is 13.7. The van der Waals surface area contributed by atoms with Crippen molar-refractivity contribution in [1.29, 1.82) is 0 Å². The Balaban J connectivity index is 0.000000163. The van der Waals surface area contributed by atoms with E-state index < -0.39 is 0 Å². The molecule has 0 aliphatic heterocycles. The number of nitrogens with zero attached hydrogens (tertiary/aromatic N) is 2. The fourth-order valence-corrected chi connectivity index (χ4v) is 1.63. The average Bonchev–Trinajstić information content (AvgIpc) is 2.41. The summed E-state index contributed by atoms with van der Waals surface area (Å²) in [6, 6.07) is 15.6. The smallest absolute Gasteiger partial charge is 0.134 e. The Morgan fingerprint density at radius 3 is 2.26 bits per heavy atom. The minimum Gasteiger partial charge on any atom is -0.399 e. The number of aryl methyl sites for hydroxylation is 1. The summed E-state index contributed by atoms with van der Waals surface area (Å²) >= 11 is 0. The first-order chi connectivity index (χ1) is 9.16. The molecule has 4 heteroatoms. The van der Waals surface area contributed by atoms with Crippen LogP contribution >= 0.6 is 0 Å². The molecule has 3 aromatic rings. The fraction of sp³-hybridized carbons (Fsp3) is 0.0667. The summed E-state index contributed by atoms with van der Waals surface area (Å²) in [7, 11) is 0. The summed E-state index contributed by atoms with van der Waals surface area (Å²) in [5.41, 5.74) is 14.0. The third-order valence-electron chi connectivity index (χ3n) is 2.63. The summed E-state index contributed by atoms with van der Waals surface area (Å²) in [4.78, 5) is 7.90. The zero-order valence-electron chi connectivity index (χ0n) is 10.7. The Labute approximate surface area is 112 Å². The van der Waals surface area contributed by atoms with Crippen LogP contribution in [0.15, 0.2) is 54.9 Å². The van der Waals surface area contributed by atoms with Crippen LogP contribution in [0.2, 0.25) is 0 Å². The van der Waals surface area contributed by atoms with E-state index in [1.807, 2.05) is 24.3 Å². The van der Waals surface area contributed by atoms with Crippen molar-refractivity contribution in [3.05, 3.63) is 60.4 Å². The minimum absolute atomic E-state index is 0.465. The van der Waals surface area contributed by atoms with Gasteiger partial charge in [0.05, 0.1) is 5.52 Å². The molecule has 0 aliphatic rings. The van der Waals surface area contributed by atoms with Gasteiger partial charge in [0, 0.05) is 11.1 Å². The maximum atomic E-state index is 5.62. The highest BCUT2D eigenvalue weighted by Crippen LogP contribution is 2.18. The summed E-state index contributed by atoms with van der Waals surface area (Å²) in [6.07, 6.45) is 1.44. The molecule has 0 saturated heterocycles. The van der Waals surface area contributed by atoms with Crippen LogP contribution in [-0.2, 0) is 0 Å². The van der Waals surface area contributed by atoms with Gasteiger partial charge < -0.3 is 11.5 Å². The molecule has 0 aliphatic carbocycles. The Morgan fingerprint density at radius 1 is 0.895 bits per heavy atom. The second-order valence-electron chi connectivity index (χ2n) is 4.19. The van der Waals surface area contributed by atoms with E-state index in [1.54, 1.807) is 12.1 Å². The lowest BCUT2D eigenvalue weighted by atomic mass is 10.2. The normalized spacial score (nSPS) is 9.74. The van der Waals surface area contributed by atoms with E-state index in [-0.39, 0.29) is 0 Å². The molecule has 0 atom stereocenters. The first-order valence-corrected chi connectivity index (χ1v) is 5.94. The lowest BCUT2D eigenvalue weighted by Crippen LogP contribution is -1.94. The zero-order valence-corrected chi connectivity index (χ0v) is 10.7. The maximum Gasteiger partial charge on any atom is 0.134 e. The van der Waals surface area contributed by atoms with Crippen molar-refractivity contribution in [2.45, 2.75) is 6.92 Å². The van der Waals surface area contributed by atoms with E-state index in [0.29, 0.717) is 11.5 Å². The van der Waals surface area contributed by atoms with E-state index in [2.05, 4.69) is 29.0 Å². The maximum absolute atomic E-state index is 5.62. The van der Waals surface area contributed by atoms with Crippen molar-refractivity contribution >= 4 is 22.4 Å². The molecule has 3 rings (SSSR count). The summed E-state index contributed by atoms with van der Waals surface area (Å²) < 4.78 is 0. The molecule has 0 amide bonds. The molecule has 0 unspecified atom stereocenters. The van der Waals surface area contributed by atoms with Gasteiger partial charge in [-0.2, -0.15) is 0 Å². The van der Waals surface area contributed by atoms with Crippen molar-refractivity contribution < 1.29 is 0 Å². The van der Waals surface area contributed by atoms with Gasteiger partial charge in [-0.05, 0) is 25.1 Å². The molecule has 0 spiro atoms. The lowest BCUT2D eigenvalue weighted by Gasteiger charge is -1.99. The number of nitrogens with two attached hydrogens (primary N) is 2. The highest BCUT2D eigenvalue weighted by atomic mass is 14.9. The number of hydrogen-bond donors (Lipinski definition) is 2. The van der Waals surface area contributed by atoms with E-state index in [9.17, 15) is 0 Å². The quantitative estimate of drug-likeness (QED) is 0.603. The fourth-order valence-electron chi connectivity index (χ4n) is 1.63. The molecule has 96 valence electrons. The number of anilines is 2. The predicted molar refractivity (Wildman–Crippen MR) is 79.5 cm³/mol. The standard InChI is InChI=1S/C8H8N4.C7H8/c9-5-1-2-7-6(3-5)8(10)12-4-11-7;1-7-5-3-2-4-6-7/h1-4H,9H2,(H2,10,11,12);2-6H,1H3. The monoisotopic (exact) mass is 252 g/mol. The molecule has 1 heterocycles. The van der Waals surface area contributed by atoms with Gasteiger partial charge in [0.25, 0.3) is 0 Å². The first kappa shape index (κ1) is 12.8. The second kappa shape index (κ2) is 5.82. The second-order valence-corrected chi connectivity index (χ2v) is 4.19. The van der Waals surface area contributed by atoms with Crippen LogP contribution in [0.1, 0.15) is 5.56 Å². The molecule has 2 aromatic carbocycles. The number of hydrogen-bond acceptors (Lipinski definition) is 4. The van der Waals surface area contributed by atoms with Gasteiger partial charge >= 0.3 is 0 Å². The van der Waals surface area contributed by atoms with E-state index in [1.165, 1.54) is 11.9 Å². The van der Waals surface area contributed by atoms with Crippen LogP contribution < -0.4 is 11.5 Å². The molecule has 1 aromatic heterocycles. The Bertz CT molecular complexity index is 665. The number of rotatable bonds is 0. The van der Waals surface area contributed by atoms with Crippen LogP contribution in [0.5, 0.6) is 0 Å². The number of benzene rings is 2. The molecule has 4 nitrogen and oxygen atoms in total. The third kappa shape index (κ3) is 3.42. The lowest BCUT2D eigenvalue weighted by molar-refractivity contribution is 1.23. The molecular formula is C15H16N4.